The Kier molecular flexibility index (Phi) is 6.76. The lowest BCUT2D eigenvalue weighted by Crippen LogP contribution is -2.43. The maximum Gasteiger partial charge on any atom is 0.253 e. The van der Waals surface area contributed by atoms with Crippen molar-refractivity contribution in [3.05, 3.63) is 71.0 Å². The molecule has 1 saturated heterocycles. The fourth-order valence-corrected chi connectivity index (χ4v) is 3.47. The van der Waals surface area contributed by atoms with Crippen LogP contribution >= 0.6 is 0 Å². The molecule has 1 fully saturated rings. The highest BCUT2D eigenvalue weighted by molar-refractivity contribution is 5.94. The topological polar surface area (TPSA) is 58.6 Å². The van der Waals surface area contributed by atoms with Crippen molar-refractivity contribution < 1.29 is 18.7 Å². The Balaban J connectivity index is 1.50. The summed E-state index contributed by atoms with van der Waals surface area (Å²) in [4.78, 5) is 26.8. The van der Waals surface area contributed by atoms with E-state index in [4.69, 9.17) is 4.74 Å². The zero-order valence-corrected chi connectivity index (χ0v) is 16.0. The molecule has 148 valence electrons. The summed E-state index contributed by atoms with van der Waals surface area (Å²) in [6.07, 6.45) is 1.25. The Morgan fingerprint density at radius 3 is 2.36 bits per heavy atom. The van der Waals surface area contributed by atoms with Crippen LogP contribution in [-0.4, -0.2) is 36.9 Å². The number of ether oxygens (including phenoxy) is 1. The Labute approximate surface area is 164 Å². The molecule has 5 nitrogen and oxygen atoms in total. The molecule has 3 rings (SSSR count). The van der Waals surface area contributed by atoms with Gasteiger partial charge in [-0.25, -0.2) is 4.39 Å². The van der Waals surface area contributed by atoms with Gasteiger partial charge in [-0.05, 0) is 48.2 Å². The zero-order valence-electron chi connectivity index (χ0n) is 16.0. The number of carbonyl (C=O) groups is 2. The van der Waals surface area contributed by atoms with Gasteiger partial charge in [-0.3, -0.25) is 9.59 Å². The maximum absolute atomic E-state index is 13.0. The highest BCUT2D eigenvalue weighted by Crippen LogP contribution is 2.20. The number of piperidine rings is 1. The van der Waals surface area contributed by atoms with Crippen molar-refractivity contribution in [2.75, 3.05) is 20.2 Å². The number of nitrogens with one attached hydrogen (secondary N) is 1. The van der Waals surface area contributed by atoms with Crippen molar-refractivity contribution in [3.63, 3.8) is 0 Å². The molecule has 0 aliphatic carbocycles. The first-order chi connectivity index (χ1) is 13.6. The van der Waals surface area contributed by atoms with Gasteiger partial charge in [0, 0.05) is 38.2 Å². The van der Waals surface area contributed by atoms with E-state index in [1.807, 2.05) is 24.3 Å². The number of hydrogen-bond acceptors (Lipinski definition) is 3. The molecule has 1 aliphatic heterocycles. The van der Waals surface area contributed by atoms with Gasteiger partial charge in [0.2, 0.25) is 5.91 Å². The van der Waals surface area contributed by atoms with Gasteiger partial charge in [-0.1, -0.05) is 24.3 Å². The quantitative estimate of drug-likeness (QED) is 0.832. The molecule has 6 heteroatoms. The molecule has 28 heavy (non-hydrogen) atoms. The molecule has 0 spiro atoms. The van der Waals surface area contributed by atoms with Crippen LogP contribution in [0.5, 0.6) is 0 Å². The van der Waals surface area contributed by atoms with Gasteiger partial charge in [0.25, 0.3) is 5.91 Å². The van der Waals surface area contributed by atoms with Crippen molar-refractivity contribution in [2.45, 2.75) is 26.0 Å². The van der Waals surface area contributed by atoms with Crippen LogP contribution in [0, 0.1) is 11.7 Å². The third-order valence-electron chi connectivity index (χ3n) is 5.12. The molecular weight excluding hydrogens is 359 g/mol. The summed E-state index contributed by atoms with van der Waals surface area (Å²) in [6, 6.07) is 13.4. The fraction of sp³-hybridized carbons (Fsp3) is 0.364. The molecule has 0 unspecified atom stereocenters. The Morgan fingerprint density at radius 1 is 1.07 bits per heavy atom. The van der Waals surface area contributed by atoms with Crippen molar-refractivity contribution >= 4 is 11.8 Å². The molecular formula is C22H25FN2O3. The van der Waals surface area contributed by atoms with Crippen LogP contribution in [-0.2, 0) is 22.7 Å². The summed E-state index contributed by atoms with van der Waals surface area (Å²) in [7, 11) is 1.65. The van der Waals surface area contributed by atoms with Crippen molar-refractivity contribution in [3.8, 4) is 0 Å². The highest BCUT2D eigenvalue weighted by Gasteiger charge is 2.27. The molecule has 0 atom stereocenters. The number of carbonyl (C=O) groups excluding carboxylic acids is 2. The second-order valence-corrected chi connectivity index (χ2v) is 6.99. The van der Waals surface area contributed by atoms with Crippen LogP contribution < -0.4 is 5.32 Å². The van der Waals surface area contributed by atoms with Crippen molar-refractivity contribution in [1.82, 2.24) is 10.2 Å². The predicted molar refractivity (Wildman–Crippen MR) is 104 cm³/mol. The summed E-state index contributed by atoms with van der Waals surface area (Å²) in [6.45, 7) is 2.02. The van der Waals surface area contributed by atoms with E-state index in [-0.39, 0.29) is 23.5 Å². The van der Waals surface area contributed by atoms with Crippen molar-refractivity contribution in [2.24, 2.45) is 5.92 Å². The van der Waals surface area contributed by atoms with Gasteiger partial charge in [0.15, 0.2) is 0 Å². The molecule has 0 saturated carbocycles. The van der Waals surface area contributed by atoms with E-state index in [9.17, 15) is 14.0 Å². The lowest BCUT2D eigenvalue weighted by atomic mass is 9.95. The van der Waals surface area contributed by atoms with E-state index in [1.54, 1.807) is 12.0 Å². The van der Waals surface area contributed by atoms with Gasteiger partial charge >= 0.3 is 0 Å². The minimum atomic E-state index is -0.362. The van der Waals surface area contributed by atoms with Crippen LogP contribution in [0.3, 0.4) is 0 Å². The van der Waals surface area contributed by atoms with Gasteiger partial charge in [-0.15, -0.1) is 0 Å². The van der Waals surface area contributed by atoms with Gasteiger partial charge in [0.05, 0.1) is 6.61 Å². The average Bonchev–Trinajstić information content (AvgIpc) is 2.73. The Hall–Kier alpha value is -2.73. The average molecular weight is 384 g/mol. The monoisotopic (exact) mass is 384 g/mol. The minimum absolute atomic E-state index is 0.0149. The fourth-order valence-electron chi connectivity index (χ4n) is 3.47. The molecule has 1 N–H and O–H groups in total. The number of amides is 2. The number of hydrogen-bond donors (Lipinski definition) is 1. The van der Waals surface area contributed by atoms with Crippen LogP contribution in [0.1, 0.15) is 34.3 Å². The van der Waals surface area contributed by atoms with E-state index in [2.05, 4.69) is 5.32 Å². The van der Waals surface area contributed by atoms with Crippen molar-refractivity contribution in [1.29, 1.82) is 0 Å². The summed E-state index contributed by atoms with van der Waals surface area (Å²) in [5.74, 6) is -0.570. The van der Waals surface area contributed by atoms with Crippen LogP contribution in [0.25, 0.3) is 0 Å². The molecule has 1 heterocycles. The largest absolute Gasteiger partial charge is 0.380 e. The van der Waals surface area contributed by atoms with Gasteiger partial charge in [0.1, 0.15) is 5.82 Å². The zero-order chi connectivity index (χ0) is 19.9. The molecule has 1 aliphatic rings. The molecule has 2 aromatic rings. The molecule has 2 aromatic carbocycles. The predicted octanol–water partition coefficient (Wildman–Crippen LogP) is 3.14. The highest BCUT2D eigenvalue weighted by atomic mass is 19.1. The third kappa shape index (κ3) is 4.95. The Morgan fingerprint density at radius 2 is 1.71 bits per heavy atom. The number of likely N-dealkylation sites (tertiary alicyclic amines) is 1. The maximum atomic E-state index is 13.0. The van der Waals surface area contributed by atoms with Crippen LogP contribution in [0.4, 0.5) is 4.39 Å². The first-order valence-corrected chi connectivity index (χ1v) is 9.46. The van der Waals surface area contributed by atoms with E-state index in [0.717, 1.165) is 11.1 Å². The number of nitrogens with zero attached hydrogens (tertiary/aromatic N) is 1. The number of methoxy groups -OCH3 is 1. The standard InChI is InChI=1S/C22H25FN2O3/c1-28-15-19-5-3-2-4-18(19)14-24-21(26)16-10-12-25(13-11-16)22(27)17-6-8-20(23)9-7-17/h2-9,16H,10-15H2,1H3,(H,24,26). The van der Waals surface area contributed by atoms with E-state index in [1.165, 1.54) is 24.3 Å². The number of rotatable bonds is 6. The Bertz CT molecular complexity index is 815. The van der Waals surface area contributed by atoms with Crippen LogP contribution in [0.15, 0.2) is 48.5 Å². The molecule has 2 amide bonds. The first-order valence-electron chi connectivity index (χ1n) is 9.46. The normalized spacial score (nSPS) is 14.7. The third-order valence-corrected chi connectivity index (χ3v) is 5.12. The summed E-state index contributed by atoms with van der Waals surface area (Å²) >= 11 is 0. The number of halogens is 1. The summed E-state index contributed by atoms with van der Waals surface area (Å²) in [5, 5.41) is 3.01. The van der Waals surface area contributed by atoms with E-state index >= 15 is 0 Å². The summed E-state index contributed by atoms with van der Waals surface area (Å²) in [5.41, 5.74) is 2.57. The number of benzene rings is 2. The van der Waals surface area contributed by atoms with E-state index in [0.29, 0.717) is 44.6 Å². The van der Waals surface area contributed by atoms with E-state index < -0.39 is 0 Å². The second-order valence-electron chi connectivity index (χ2n) is 6.99. The first kappa shape index (κ1) is 20.0. The van der Waals surface area contributed by atoms with Gasteiger partial charge in [-0.2, -0.15) is 0 Å². The molecule has 0 aromatic heterocycles. The molecule has 0 bridgehead atoms. The minimum Gasteiger partial charge on any atom is -0.380 e. The van der Waals surface area contributed by atoms with Crippen LogP contribution in [0.2, 0.25) is 0 Å². The second kappa shape index (κ2) is 9.46. The molecule has 0 radical (unpaired) electrons. The summed E-state index contributed by atoms with van der Waals surface area (Å²) < 4.78 is 18.2. The lowest BCUT2D eigenvalue weighted by molar-refractivity contribution is -0.126. The smallest absolute Gasteiger partial charge is 0.253 e. The lowest BCUT2D eigenvalue weighted by Gasteiger charge is -2.31. The van der Waals surface area contributed by atoms with Gasteiger partial charge < -0.3 is 15.0 Å². The SMILES string of the molecule is COCc1ccccc1CNC(=O)C1CCN(C(=O)c2ccc(F)cc2)CC1.